The fraction of sp³-hybridized carbons (Fsp3) is 0.500. The molecule has 25 heavy (non-hydrogen) atoms. The van der Waals surface area contributed by atoms with Gasteiger partial charge >= 0.3 is 0 Å². The molecular weight excluding hydrogens is 354 g/mol. The summed E-state index contributed by atoms with van der Waals surface area (Å²) in [5.41, 5.74) is 0.960. The molecule has 134 valence electrons. The summed E-state index contributed by atoms with van der Waals surface area (Å²) in [6.07, 6.45) is 4.67. The van der Waals surface area contributed by atoms with Crippen molar-refractivity contribution in [2.24, 2.45) is 11.8 Å². The number of piperidine rings is 1. The lowest BCUT2D eigenvalue weighted by Gasteiger charge is -2.33. The predicted molar refractivity (Wildman–Crippen MR) is 100 cm³/mol. The summed E-state index contributed by atoms with van der Waals surface area (Å²) >= 11 is 1.26. The third-order valence-electron chi connectivity index (χ3n) is 5.36. The van der Waals surface area contributed by atoms with E-state index in [0.29, 0.717) is 23.2 Å². The van der Waals surface area contributed by atoms with Crippen molar-refractivity contribution in [2.75, 3.05) is 26.2 Å². The van der Waals surface area contributed by atoms with Crippen LogP contribution >= 0.6 is 11.3 Å². The van der Waals surface area contributed by atoms with Crippen LogP contribution in [0.15, 0.2) is 40.7 Å². The summed E-state index contributed by atoms with van der Waals surface area (Å²) in [5, 5.41) is 4.17. The van der Waals surface area contributed by atoms with Crippen LogP contribution in [0.1, 0.15) is 19.3 Å². The van der Waals surface area contributed by atoms with Crippen molar-refractivity contribution in [3.8, 4) is 10.6 Å². The van der Waals surface area contributed by atoms with Crippen LogP contribution in [0, 0.1) is 11.8 Å². The Morgan fingerprint density at radius 1 is 1.08 bits per heavy atom. The van der Waals surface area contributed by atoms with E-state index in [0.717, 1.165) is 42.4 Å². The van der Waals surface area contributed by atoms with E-state index in [-0.39, 0.29) is 0 Å². The first-order valence-electron chi connectivity index (χ1n) is 8.87. The second-order valence-electron chi connectivity index (χ2n) is 6.84. The van der Waals surface area contributed by atoms with Gasteiger partial charge in [0.05, 0.1) is 6.20 Å². The standard InChI is InChI=1S/C18H23N3O2S2/c22-25(23,17-13-20-18(24-17)15-4-2-1-3-5-15)21-10-7-14(8-11-21)16-6-9-19-12-16/h1-5,13-14,16,19H,6-12H2. The minimum atomic E-state index is -3.42. The number of thiazole rings is 1. The maximum atomic E-state index is 12.9. The van der Waals surface area contributed by atoms with Crippen LogP contribution in [0.2, 0.25) is 0 Å². The Morgan fingerprint density at radius 2 is 1.84 bits per heavy atom. The van der Waals surface area contributed by atoms with Gasteiger partial charge < -0.3 is 5.32 Å². The van der Waals surface area contributed by atoms with Crippen molar-refractivity contribution in [2.45, 2.75) is 23.5 Å². The number of sulfonamides is 1. The Bertz CT molecular complexity index is 806. The highest BCUT2D eigenvalue weighted by Crippen LogP contribution is 2.34. The van der Waals surface area contributed by atoms with Crippen molar-refractivity contribution in [3.63, 3.8) is 0 Å². The van der Waals surface area contributed by atoms with Crippen molar-refractivity contribution >= 4 is 21.4 Å². The van der Waals surface area contributed by atoms with Crippen molar-refractivity contribution in [1.82, 2.24) is 14.6 Å². The molecule has 5 nitrogen and oxygen atoms in total. The largest absolute Gasteiger partial charge is 0.316 e. The summed E-state index contributed by atoms with van der Waals surface area (Å²) in [5.74, 6) is 1.38. The molecule has 2 aliphatic rings. The van der Waals surface area contributed by atoms with Crippen molar-refractivity contribution < 1.29 is 8.42 Å². The number of aromatic nitrogens is 1. The van der Waals surface area contributed by atoms with Gasteiger partial charge in [-0.05, 0) is 44.2 Å². The van der Waals surface area contributed by atoms with E-state index >= 15 is 0 Å². The molecule has 1 atom stereocenters. The summed E-state index contributed by atoms with van der Waals surface area (Å²) < 4.78 is 27.9. The lowest BCUT2D eigenvalue weighted by Crippen LogP contribution is -2.40. The Hall–Kier alpha value is -1.28. The van der Waals surface area contributed by atoms with E-state index in [2.05, 4.69) is 10.3 Å². The SMILES string of the molecule is O=S(=O)(c1cnc(-c2ccccc2)s1)N1CCC(C2CCNC2)CC1. The molecule has 2 fully saturated rings. The lowest BCUT2D eigenvalue weighted by atomic mass is 9.84. The third kappa shape index (κ3) is 3.51. The second-order valence-corrected chi connectivity index (χ2v) is 10.0. The van der Waals surface area contributed by atoms with Crippen LogP contribution in [-0.2, 0) is 10.0 Å². The summed E-state index contributed by atoms with van der Waals surface area (Å²) in [4.78, 5) is 4.33. The highest BCUT2D eigenvalue weighted by Gasteiger charge is 2.34. The topological polar surface area (TPSA) is 62.3 Å². The van der Waals surface area contributed by atoms with Crippen LogP contribution in [0.3, 0.4) is 0 Å². The zero-order valence-corrected chi connectivity index (χ0v) is 15.7. The van der Waals surface area contributed by atoms with Crippen LogP contribution in [0.25, 0.3) is 10.6 Å². The maximum Gasteiger partial charge on any atom is 0.254 e. The van der Waals surface area contributed by atoms with Gasteiger partial charge in [-0.3, -0.25) is 0 Å². The van der Waals surface area contributed by atoms with Gasteiger partial charge in [0.25, 0.3) is 10.0 Å². The smallest absolute Gasteiger partial charge is 0.254 e. The molecule has 2 aliphatic heterocycles. The number of benzene rings is 1. The van der Waals surface area contributed by atoms with Crippen LogP contribution in [-0.4, -0.2) is 43.9 Å². The summed E-state index contributed by atoms with van der Waals surface area (Å²) in [6.45, 7) is 3.45. The van der Waals surface area contributed by atoms with E-state index in [1.54, 1.807) is 4.31 Å². The van der Waals surface area contributed by atoms with Gasteiger partial charge in [0.15, 0.2) is 4.21 Å². The Balaban J connectivity index is 1.46. The van der Waals surface area contributed by atoms with Crippen LogP contribution in [0.4, 0.5) is 0 Å². The molecule has 0 radical (unpaired) electrons. The molecule has 3 heterocycles. The first kappa shape index (κ1) is 17.1. The van der Waals surface area contributed by atoms with Gasteiger partial charge in [-0.1, -0.05) is 30.3 Å². The molecule has 1 aromatic carbocycles. The number of hydrogen-bond acceptors (Lipinski definition) is 5. The number of hydrogen-bond donors (Lipinski definition) is 1. The van der Waals surface area contributed by atoms with Gasteiger partial charge in [-0.15, -0.1) is 11.3 Å². The fourth-order valence-electron chi connectivity index (χ4n) is 3.89. The zero-order valence-electron chi connectivity index (χ0n) is 14.1. The first-order valence-corrected chi connectivity index (χ1v) is 11.1. The monoisotopic (exact) mass is 377 g/mol. The minimum absolute atomic E-state index is 0.354. The normalized spacial score (nSPS) is 23.1. The number of nitrogens with zero attached hydrogens (tertiary/aromatic N) is 2. The second kappa shape index (κ2) is 7.15. The van der Waals surface area contributed by atoms with Crippen molar-refractivity contribution in [1.29, 1.82) is 0 Å². The molecule has 0 amide bonds. The molecule has 1 aromatic heterocycles. The third-order valence-corrected chi connectivity index (χ3v) is 8.74. The van der Waals surface area contributed by atoms with E-state index in [9.17, 15) is 8.42 Å². The van der Waals surface area contributed by atoms with Crippen molar-refractivity contribution in [3.05, 3.63) is 36.5 Å². The fourth-order valence-corrected chi connectivity index (χ4v) is 6.65. The molecule has 0 aliphatic carbocycles. The minimum Gasteiger partial charge on any atom is -0.316 e. The van der Waals surface area contributed by atoms with Gasteiger partial charge in [0.2, 0.25) is 0 Å². The average molecular weight is 378 g/mol. The summed E-state index contributed by atoms with van der Waals surface area (Å²) in [7, 11) is -3.42. The Labute approximate surface area is 153 Å². The molecule has 0 saturated carbocycles. The average Bonchev–Trinajstić information content (AvgIpc) is 3.35. The van der Waals surface area contributed by atoms with E-state index in [4.69, 9.17) is 0 Å². The number of rotatable bonds is 4. The van der Waals surface area contributed by atoms with Gasteiger partial charge in [-0.25, -0.2) is 13.4 Å². The quantitative estimate of drug-likeness (QED) is 0.890. The predicted octanol–water partition coefficient (Wildman–Crippen LogP) is 2.82. The molecule has 1 N–H and O–H groups in total. The summed E-state index contributed by atoms with van der Waals surface area (Å²) in [6, 6.07) is 9.73. The molecule has 0 bridgehead atoms. The van der Waals surface area contributed by atoms with E-state index in [1.165, 1.54) is 24.0 Å². The molecule has 2 aromatic rings. The van der Waals surface area contributed by atoms with Gasteiger partial charge in [0.1, 0.15) is 5.01 Å². The van der Waals surface area contributed by atoms with E-state index < -0.39 is 10.0 Å². The Kier molecular flexibility index (Phi) is 4.90. The molecule has 7 heteroatoms. The Morgan fingerprint density at radius 3 is 2.52 bits per heavy atom. The van der Waals surface area contributed by atoms with Gasteiger partial charge in [-0.2, -0.15) is 4.31 Å². The highest BCUT2D eigenvalue weighted by molar-refractivity contribution is 7.91. The molecule has 4 rings (SSSR count). The van der Waals surface area contributed by atoms with E-state index in [1.807, 2.05) is 30.3 Å². The van der Waals surface area contributed by atoms with Gasteiger partial charge in [0, 0.05) is 18.7 Å². The number of nitrogens with one attached hydrogen (secondary N) is 1. The van der Waals surface area contributed by atoms with Crippen LogP contribution in [0.5, 0.6) is 0 Å². The molecule has 2 saturated heterocycles. The lowest BCUT2D eigenvalue weighted by molar-refractivity contribution is 0.217. The molecular formula is C18H23N3O2S2. The molecule has 1 unspecified atom stereocenters. The zero-order chi connectivity index (χ0) is 17.3. The molecule has 0 spiro atoms. The first-order chi connectivity index (χ1) is 12.1. The highest BCUT2D eigenvalue weighted by atomic mass is 32.2. The van der Waals surface area contributed by atoms with Crippen LogP contribution < -0.4 is 5.32 Å². The maximum absolute atomic E-state index is 12.9.